The van der Waals surface area contributed by atoms with Crippen molar-refractivity contribution in [3.05, 3.63) is 42.0 Å². The lowest BCUT2D eigenvalue weighted by Gasteiger charge is -2.09. The van der Waals surface area contributed by atoms with Gasteiger partial charge in [-0.1, -0.05) is 55.5 Å². The summed E-state index contributed by atoms with van der Waals surface area (Å²) in [5.41, 5.74) is 1.88. The van der Waals surface area contributed by atoms with Crippen LogP contribution < -0.4 is 0 Å². The molecule has 0 spiro atoms. The highest BCUT2D eigenvalue weighted by Gasteiger charge is 2.08. The maximum Gasteiger partial charge on any atom is 0.508 e. The van der Waals surface area contributed by atoms with Crippen molar-refractivity contribution in [2.24, 2.45) is 0 Å². The van der Waals surface area contributed by atoms with Gasteiger partial charge < -0.3 is 9.47 Å². The summed E-state index contributed by atoms with van der Waals surface area (Å²) in [4.78, 5) is 11.1. The minimum Gasteiger partial charge on any atom is -0.438 e. The largest absolute Gasteiger partial charge is 0.508 e. The van der Waals surface area contributed by atoms with E-state index in [1.54, 1.807) is 6.92 Å². The second-order valence-corrected chi connectivity index (χ2v) is 4.63. The van der Waals surface area contributed by atoms with Crippen LogP contribution in [0.2, 0.25) is 0 Å². The van der Waals surface area contributed by atoms with Crippen LogP contribution in [-0.4, -0.2) is 19.4 Å². The molecule has 1 aromatic carbocycles. The van der Waals surface area contributed by atoms with Crippen molar-refractivity contribution >= 4 is 11.7 Å². The van der Waals surface area contributed by atoms with Crippen molar-refractivity contribution in [3.63, 3.8) is 0 Å². The molecule has 3 nitrogen and oxygen atoms in total. The molecule has 21 heavy (non-hydrogen) atoms. The fraction of sp³-hybridized carbons (Fsp3) is 0.389. The van der Waals surface area contributed by atoms with Gasteiger partial charge in [0.15, 0.2) is 0 Å². The Balaban J connectivity index is 2.90. The van der Waals surface area contributed by atoms with E-state index in [9.17, 15) is 4.79 Å². The van der Waals surface area contributed by atoms with Gasteiger partial charge in [0.2, 0.25) is 0 Å². The second kappa shape index (κ2) is 9.66. The van der Waals surface area contributed by atoms with Crippen molar-refractivity contribution in [1.82, 2.24) is 0 Å². The van der Waals surface area contributed by atoms with Gasteiger partial charge in [0, 0.05) is 12.0 Å². The molecule has 0 aliphatic rings. The number of rotatable bonds is 5. The molecule has 0 fully saturated rings. The lowest BCUT2D eigenvalue weighted by atomic mass is 10.0. The van der Waals surface area contributed by atoms with E-state index in [4.69, 9.17) is 4.74 Å². The molecule has 0 amide bonds. The Kier molecular flexibility index (Phi) is 7.74. The first-order valence-electron chi connectivity index (χ1n) is 7.18. The van der Waals surface area contributed by atoms with Gasteiger partial charge >= 0.3 is 6.16 Å². The van der Waals surface area contributed by atoms with E-state index in [1.165, 1.54) is 7.11 Å². The fourth-order valence-corrected chi connectivity index (χ4v) is 1.72. The Morgan fingerprint density at radius 1 is 1.33 bits per heavy atom. The maximum atomic E-state index is 11.1. The third-order valence-corrected chi connectivity index (χ3v) is 2.81. The average molecular weight is 286 g/mol. The summed E-state index contributed by atoms with van der Waals surface area (Å²) >= 11 is 0. The molecule has 0 radical (unpaired) electrons. The summed E-state index contributed by atoms with van der Waals surface area (Å²) in [6, 6.07) is 9.86. The Labute approximate surface area is 127 Å². The van der Waals surface area contributed by atoms with Crippen molar-refractivity contribution in [3.8, 4) is 11.8 Å². The maximum absolute atomic E-state index is 11.1. The van der Waals surface area contributed by atoms with Gasteiger partial charge in [-0.05, 0) is 25.0 Å². The highest BCUT2D eigenvalue weighted by molar-refractivity contribution is 5.79. The van der Waals surface area contributed by atoms with Crippen LogP contribution >= 0.6 is 0 Å². The highest BCUT2D eigenvalue weighted by Crippen LogP contribution is 2.15. The van der Waals surface area contributed by atoms with E-state index in [2.05, 4.69) is 23.5 Å². The van der Waals surface area contributed by atoms with Crippen LogP contribution in [0.4, 0.5) is 4.79 Å². The van der Waals surface area contributed by atoms with E-state index in [0.717, 1.165) is 30.4 Å². The van der Waals surface area contributed by atoms with Gasteiger partial charge in [0.1, 0.15) is 6.10 Å². The Morgan fingerprint density at radius 3 is 2.67 bits per heavy atom. The van der Waals surface area contributed by atoms with Crippen LogP contribution in [0.5, 0.6) is 0 Å². The quantitative estimate of drug-likeness (QED) is 0.456. The number of hydrogen-bond donors (Lipinski definition) is 0. The molecule has 0 bridgehead atoms. The minimum atomic E-state index is -0.690. The van der Waals surface area contributed by atoms with Crippen molar-refractivity contribution in [1.29, 1.82) is 0 Å². The van der Waals surface area contributed by atoms with Gasteiger partial charge in [-0.2, -0.15) is 0 Å². The van der Waals surface area contributed by atoms with Gasteiger partial charge in [0.05, 0.1) is 7.11 Å². The molecule has 1 unspecified atom stereocenters. The van der Waals surface area contributed by atoms with Gasteiger partial charge in [-0.25, -0.2) is 4.79 Å². The molecule has 1 rings (SSSR count). The first-order valence-corrected chi connectivity index (χ1v) is 7.18. The fourth-order valence-electron chi connectivity index (χ4n) is 1.72. The molecular formula is C18H22O3. The summed E-state index contributed by atoms with van der Waals surface area (Å²) < 4.78 is 9.57. The molecule has 0 aliphatic carbocycles. The molecule has 0 saturated carbocycles. The normalized spacial score (nSPS) is 12.0. The monoisotopic (exact) mass is 286 g/mol. The molecule has 1 aromatic rings. The minimum absolute atomic E-state index is 0.395. The van der Waals surface area contributed by atoms with E-state index < -0.39 is 12.3 Å². The second-order valence-electron chi connectivity index (χ2n) is 4.63. The van der Waals surface area contributed by atoms with Crippen LogP contribution in [0.15, 0.2) is 36.4 Å². The smallest absolute Gasteiger partial charge is 0.438 e. The molecule has 112 valence electrons. The zero-order valence-electron chi connectivity index (χ0n) is 12.9. The topological polar surface area (TPSA) is 35.5 Å². The molecule has 0 heterocycles. The van der Waals surface area contributed by atoms with E-state index in [-0.39, 0.29) is 0 Å². The summed E-state index contributed by atoms with van der Waals surface area (Å²) in [5.74, 6) is 6.34. The molecule has 3 heteroatoms. The number of hydrogen-bond acceptors (Lipinski definition) is 3. The third-order valence-electron chi connectivity index (χ3n) is 2.81. The number of benzene rings is 1. The number of ether oxygens (including phenoxy) is 2. The van der Waals surface area contributed by atoms with Crippen molar-refractivity contribution in [2.45, 2.75) is 39.2 Å². The zero-order chi connectivity index (χ0) is 15.5. The van der Waals surface area contributed by atoms with Gasteiger partial charge in [-0.3, -0.25) is 0 Å². The third kappa shape index (κ3) is 6.67. The summed E-state index contributed by atoms with van der Waals surface area (Å²) in [5, 5.41) is 0. The Morgan fingerprint density at radius 2 is 2.05 bits per heavy atom. The molecule has 0 saturated heterocycles. The van der Waals surface area contributed by atoms with E-state index in [1.807, 2.05) is 36.4 Å². The van der Waals surface area contributed by atoms with Crippen LogP contribution in [-0.2, 0) is 9.47 Å². The lowest BCUT2D eigenvalue weighted by Crippen LogP contribution is -2.12. The van der Waals surface area contributed by atoms with Crippen LogP contribution in [0.1, 0.15) is 38.7 Å². The predicted octanol–water partition coefficient (Wildman–Crippen LogP) is 4.44. The zero-order valence-corrected chi connectivity index (χ0v) is 12.9. The van der Waals surface area contributed by atoms with Crippen LogP contribution in [0.3, 0.4) is 0 Å². The van der Waals surface area contributed by atoms with E-state index >= 15 is 0 Å². The molecular weight excluding hydrogens is 264 g/mol. The highest BCUT2D eigenvalue weighted by atomic mass is 16.7. The average Bonchev–Trinajstić information content (AvgIpc) is 2.51. The molecule has 0 aliphatic heterocycles. The molecule has 0 N–H and O–H groups in total. The summed E-state index contributed by atoms with van der Waals surface area (Å²) in [6.07, 6.45) is 3.83. The van der Waals surface area contributed by atoms with Crippen LogP contribution in [0, 0.1) is 11.8 Å². The number of allylic oxidation sites excluding steroid dienone is 1. The van der Waals surface area contributed by atoms with Gasteiger partial charge in [-0.15, -0.1) is 0 Å². The molecule has 0 aromatic heterocycles. The Hall–Kier alpha value is -2.21. The first-order chi connectivity index (χ1) is 10.2. The number of carbonyl (C=O) groups is 1. The number of carbonyl (C=O) groups excluding carboxylic acids is 1. The number of unbranched alkanes of at least 4 members (excludes halogenated alkanes) is 2. The summed E-state index contributed by atoms with van der Waals surface area (Å²) in [7, 11) is 1.29. The van der Waals surface area contributed by atoms with Gasteiger partial charge in [0.25, 0.3) is 0 Å². The molecule has 1 atom stereocenters. The van der Waals surface area contributed by atoms with Crippen LogP contribution in [0.25, 0.3) is 5.57 Å². The van der Waals surface area contributed by atoms with E-state index in [0.29, 0.717) is 0 Å². The predicted molar refractivity (Wildman–Crippen MR) is 84.7 cm³/mol. The number of methoxy groups -OCH3 is 1. The summed E-state index contributed by atoms with van der Waals surface area (Å²) in [6.45, 7) is 3.93. The Bertz CT molecular complexity index is 520. The van der Waals surface area contributed by atoms with Crippen molar-refractivity contribution in [2.75, 3.05) is 7.11 Å². The first kappa shape index (κ1) is 16.8. The SMILES string of the molecule is CCCCC#C/C(=C/C(C)OC(=O)OC)c1ccccc1. The lowest BCUT2D eigenvalue weighted by molar-refractivity contribution is 0.0580. The standard InChI is InChI=1S/C18H22O3/c1-4-5-6-8-13-17(16-11-9-7-10-12-16)14-15(2)21-18(19)20-3/h7,9-12,14-15H,4-6H2,1-3H3/b17-14-. The van der Waals surface area contributed by atoms with Crippen molar-refractivity contribution < 1.29 is 14.3 Å².